The molecule has 116 valence electrons. The monoisotopic (exact) mass is 308 g/mol. The number of hydrogen-bond donors (Lipinski definition) is 2. The Bertz CT molecular complexity index is 445. The van der Waals surface area contributed by atoms with Crippen molar-refractivity contribution >= 4 is 17.2 Å². The summed E-state index contributed by atoms with van der Waals surface area (Å²) in [5.74, 6) is 0.756. The Morgan fingerprint density at radius 2 is 2.43 bits per heavy atom. The zero-order valence-corrected chi connectivity index (χ0v) is 13.2. The predicted molar refractivity (Wildman–Crippen MR) is 84.1 cm³/mol. The predicted octanol–water partition coefficient (Wildman–Crippen LogP) is 1.22. The first-order valence-electron chi connectivity index (χ1n) is 7.92. The van der Waals surface area contributed by atoms with E-state index in [0.29, 0.717) is 5.92 Å². The van der Waals surface area contributed by atoms with E-state index in [1.807, 2.05) is 5.51 Å². The van der Waals surface area contributed by atoms with E-state index in [1.54, 1.807) is 11.3 Å². The molecular weight excluding hydrogens is 284 g/mol. The highest BCUT2D eigenvalue weighted by Gasteiger charge is 2.24. The quantitative estimate of drug-likeness (QED) is 0.859. The molecule has 3 rings (SSSR count). The van der Waals surface area contributed by atoms with Gasteiger partial charge in [0.2, 0.25) is 5.91 Å². The number of hydrogen-bond acceptors (Lipinski definition) is 5. The van der Waals surface area contributed by atoms with Crippen molar-refractivity contribution in [2.45, 2.75) is 38.3 Å². The van der Waals surface area contributed by atoms with Gasteiger partial charge in [-0.05, 0) is 44.7 Å². The number of thiazole rings is 1. The molecule has 2 aliphatic heterocycles. The fourth-order valence-electron chi connectivity index (χ4n) is 3.28. The molecule has 21 heavy (non-hydrogen) atoms. The second-order valence-corrected chi connectivity index (χ2v) is 6.84. The summed E-state index contributed by atoms with van der Waals surface area (Å²) < 4.78 is 0. The van der Waals surface area contributed by atoms with E-state index < -0.39 is 0 Å². The van der Waals surface area contributed by atoms with Crippen LogP contribution in [0, 0.1) is 5.92 Å². The smallest absolute Gasteiger partial charge is 0.237 e. The molecule has 2 saturated heterocycles. The van der Waals surface area contributed by atoms with E-state index in [0.717, 1.165) is 45.6 Å². The third-order valence-electron chi connectivity index (χ3n) is 4.41. The molecule has 1 amide bonds. The second-order valence-electron chi connectivity index (χ2n) is 6.12. The van der Waals surface area contributed by atoms with Crippen molar-refractivity contribution in [3.63, 3.8) is 0 Å². The van der Waals surface area contributed by atoms with Gasteiger partial charge in [0.1, 0.15) is 0 Å². The Hall–Kier alpha value is -0.980. The fraction of sp³-hybridized carbons (Fsp3) is 0.733. The minimum atomic E-state index is 0.0414. The summed E-state index contributed by atoms with van der Waals surface area (Å²) in [6, 6.07) is 0.0414. The van der Waals surface area contributed by atoms with Crippen molar-refractivity contribution < 1.29 is 4.79 Å². The van der Waals surface area contributed by atoms with Crippen molar-refractivity contribution in [3.05, 3.63) is 16.6 Å². The van der Waals surface area contributed by atoms with Crippen LogP contribution in [0.5, 0.6) is 0 Å². The maximum Gasteiger partial charge on any atom is 0.237 e. The van der Waals surface area contributed by atoms with E-state index in [9.17, 15) is 4.79 Å². The summed E-state index contributed by atoms with van der Waals surface area (Å²) >= 11 is 1.66. The van der Waals surface area contributed by atoms with E-state index in [4.69, 9.17) is 0 Å². The number of nitrogens with one attached hydrogen (secondary N) is 2. The highest BCUT2D eigenvalue weighted by Crippen LogP contribution is 2.18. The zero-order valence-electron chi connectivity index (χ0n) is 12.4. The lowest BCUT2D eigenvalue weighted by Crippen LogP contribution is -2.45. The molecule has 0 radical (unpaired) electrons. The lowest BCUT2D eigenvalue weighted by Gasteiger charge is -2.32. The third kappa shape index (κ3) is 4.25. The molecule has 2 unspecified atom stereocenters. The van der Waals surface area contributed by atoms with Crippen molar-refractivity contribution in [2.75, 3.05) is 26.2 Å². The Balaban J connectivity index is 1.42. The van der Waals surface area contributed by atoms with Crippen molar-refractivity contribution in [3.8, 4) is 0 Å². The molecule has 1 aromatic rings. The van der Waals surface area contributed by atoms with Gasteiger partial charge in [-0.15, -0.1) is 11.3 Å². The van der Waals surface area contributed by atoms with Crippen molar-refractivity contribution in [1.82, 2.24) is 20.5 Å². The minimum Gasteiger partial charge on any atom is -0.354 e. The maximum absolute atomic E-state index is 12.0. The maximum atomic E-state index is 12.0. The van der Waals surface area contributed by atoms with Crippen LogP contribution in [0.15, 0.2) is 10.9 Å². The fourth-order valence-corrected chi connectivity index (χ4v) is 3.83. The number of nitrogens with zero attached hydrogens (tertiary/aromatic N) is 2. The average Bonchev–Trinajstić information content (AvgIpc) is 3.18. The summed E-state index contributed by atoms with van der Waals surface area (Å²) in [7, 11) is 0. The Morgan fingerprint density at radius 3 is 3.19 bits per heavy atom. The van der Waals surface area contributed by atoms with Crippen LogP contribution in [0.25, 0.3) is 0 Å². The molecule has 6 heteroatoms. The summed E-state index contributed by atoms with van der Waals surface area (Å²) in [5.41, 5.74) is 3.06. The molecule has 5 nitrogen and oxygen atoms in total. The van der Waals surface area contributed by atoms with E-state index >= 15 is 0 Å². The van der Waals surface area contributed by atoms with Gasteiger partial charge in [0.05, 0.1) is 17.2 Å². The van der Waals surface area contributed by atoms with Gasteiger partial charge in [-0.1, -0.05) is 0 Å². The van der Waals surface area contributed by atoms with Gasteiger partial charge >= 0.3 is 0 Å². The molecule has 2 fully saturated rings. The average molecular weight is 308 g/mol. The largest absolute Gasteiger partial charge is 0.354 e. The van der Waals surface area contributed by atoms with Crippen molar-refractivity contribution in [1.29, 1.82) is 0 Å². The normalized spacial score (nSPS) is 26.9. The van der Waals surface area contributed by atoms with Crippen LogP contribution >= 0.6 is 11.3 Å². The highest BCUT2D eigenvalue weighted by molar-refractivity contribution is 7.07. The van der Waals surface area contributed by atoms with Crippen LogP contribution in [0.1, 0.15) is 31.4 Å². The lowest BCUT2D eigenvalue weighted by atomic mass is 9.97. The third-order valence-corrected chi connectivity index (χ3v) is 5.05. The highest BCUT2D eigenvalue weighted by atomic mass is 32.1. The van der Waals surface area contributed by atoms with Gasteiger partial charge in [0, 0.05) is 25.0 Å². The summed E-state index contributed by atoms with van der Waals surface area (Å²) in [6.07, 6.45) is 4.52. The van der Waals surface area contributed by atoms with Gasteiger partial charge in [-0.25, -0.2) is 4.98 Å². The minimum absolute atomic E-state index is 0.0414. The molecule has 0 saturated carbocycles. The van der Waals surface area contributed by atoms with Crippen molar-refractivity contribution in [2.24, 2.45) is 5.92 Å². The van der Waals surface area contributed by atoms with Gasteiger partial charge in [-0.2, -0.15) is 0 Å². The molecule has 0 bridgehead atoms. The van der Waals surface area contributed by atoms with Crippen LogP contribution in [0.3, 0.4) is 0 Å². The van der Waals surface area contributed by atoms with Gasteiger partial charge in [0.25, 0.3) is 0 Å². The number of rotatable bonds is 5. The number of likely N-dealkylation sites (tertiary alicyclic amines) is 1. The first-order valence-corrected chi connectivity index (χ1v) is 8.86. The molecule has 2 N–H and O–H groups in total. The summed E-state index contributed by atoms with van der Waals surface area (Å²) in [6.45, 7) is 4.94. The Labute approximate surface area is 130 Å². The molecule has 1 aromatic heterocycles. The molecule has 3 heterocycles. The number of amides is 1. The molecule has 0 spiro atoms. The topological polar surface area (TPSA) is 57.3 Å². The molecule has 0 aliphatic carbocycles. The van der Waals surface area contributed by atoms with Gasteiger partial charge in [-0.3, -0.25) is 9.69 Å². The first-order chi connectivity index (χ1) is 10.3. The summed E-state index contributed by atoms with van der Waals surface area (Å²) in [4.78, 5) is 18.9. The van der Waals surface area contributed by atoms with Gasteiger partial charge in [0.15, 0.2) is 0 Å². The van der Waals surface area contributed by atoms with E-state index in [1.165, 1.54) is 18.5 Å². The Kier molecular flexibility index (Phi) is 5.22. The molecule has 2 atom stereocenters. The second kappa shape index (κ2) is 7.33. The van der Waals surface area contributed by atoms with Crippen LogP contribution in [0.2, 0.25) is 0 Å². The van der Waals surface area contributed by atoms with Crippen LogP contribution in [-0.2, 0) is 11.3 Å². The number of aromatic nitrogens is 1. The lowest BCUT2D eigenvalue weighted by molar-refractivity contribution is -0.123. The van der Waals surface area contributed by atoms with Crippen LogP contribution in [0.4, 0.5) is 0 Å². The van der Waals surface area contributed by atoms with Gasteiger partial charge < -0.3 is 10.6 Å². The Morgan fingerprint density at radius 1 is 1.48 bits per heavy atom. The van der Waals surface area contributed by atoms with Crippen LogP contribution < -0.4 is 10.6 Å². The zero-order chi connectivity index (χ0) is 14.5. The molecular formula is C15H24N4OS. The summed E-state index contributed by atoms with van der Waals surface area (Å²) in [5, 5.41) is 8.51. The van der Waals surface area contributed by atoms with E-state index in [2.05, 4.69) is 25.9 Å². The van der Waals surface area contributed by atoms with E-state index in [-0.39, 0.29) is 11.9 Å². The SMILES string of the molecule is O=C(NCC1CCCN(Cc2cscn2)C1)C1CCCN1. The number of piperidine rings is 1. The number of carbonyl (C=O) groups excluding carboxylic acids is 1. The molecule has 2 aliphatic rings. The van der Waals surface area contributed by atoms with Crippen LogP contribution in [-0.4, -0.2) is 48.0 Å². The first kappa shape index (κ1) is 14.9. The molecule has 0 aromatic carbocycles. The standard InChI is InChI=1S/C15H24N4OS/c20-15(14-4-1-5-16-14)17-7-12-3-2-6-19(8-12)9-13-10-21-11-18-13/h10-12,14,16H,1-9H2,(H,17,20). The number of carbonyl (C=O) groups is 1.